The molecule has 16 heavy (non-hydrogen) atoms. The summed E-state index contributed by atoms with van der Waals surface area (Å²) in [6.07, 6.45) is 2.90. The van der Waals surface area contributed by atoms with Crippen molar-refractivity contribution in [3.63, 3.8) is 0 Å². The van der Waals surface area contributed by atoms with Crippen molar-refractivity contribution < 1.29 is 9.13 Å². The zero-order valence-corrected chi connectivity index (χ0v) is 9.16. The average molecular weight is 222 g/mol. The molecule has 0 bridgehead atoms. The van der Waals surface area contributed by atoms with E-state index in [2.05, 4.69) is 5.43 Å². The lowest BCUT2D eigenvalue weighted by Gasteiger charge is -2.18. The molecule has 1 aromatic rings. The van der Waals surface area contributed by atoms with Crippen molar-refractivity contribution in [3.8, 4) is 0 Å². The lowest BCUT2D eigenvalue weighted by Crippen LogP contribution is -2.29. The number of ether oxygens (including phenoxy) is 1. The molecule has 0 saturated carbocycles. The van der Waals surface area contributed by atoms with Gasteiger partial charge in [-0.1, -0.05) is 12.1 Å². The van der Waals surface area contributed by atoms with Crippen LogP contribution in [-0.2, 0) is 4.74 Å². The van der Waals surface area contributed by atoms with E-state index in [4.69, 9.17) is 10.6 Å². The molecule has 1 aromatic carbocycles. The predicted molar refractivity (Wildman–Crippen MR) is 59.9 cm³/mol. The van der Waals surface area contributed by atoms with Gasteiger partial charge >= 0.3 is 0 Å². The average Bonchev–Trinajstić information content (AvgIpc) is 2.78. The molecule has 3 nitrogen and oxygen atoms in total. The van der Waals surface area contributed by atoms with E-state index in [9.17, 15) is 4.39 Å². The minimum atomic E-state index is -0.208. The predicted octanol–water partition coefficient (Wildman–Crippen LogP) is 1.94. The van der Waals surface area contributed by atoms with Crippen molar-refractivity contribution in [1.29, 1.82) is 0 Å². The fourth-order valence-electron chi connectivity index (χ4n) is 1.83. The molecule has 0 aromatic heterocycles. The second-order valence-corrected chi connectivity index (χ2v) is 3.85. The maximum atomic E-state index is 13.1. The summed E-state index contributed by atoms with van der Waals surface area (Å²) in [5.41, 5.74) is 4.21. The normalized spacial score (nSPS) is 16.8. The SMILES string of the molecule is Cc1cc(C(NN)C2=CCCO2)ccc1F. The number of aryl methyl sites for hydroxylation is 1. The van der Waals surface area contributed by atoms with Gasteiger partial charge in [-0.25, -0.2) is 9.82 Å². The first-order valence-corrected chi connectivity index (χ1v) is 5.27. The van der Waals surface area contributed by atoms with Crippen molar-refractivity contribution in [1.82, 2.24) is 5.43 Å². The van der Waals surface area contributed by atoms with Crippen LogP contribution in [-0.4, -0.2) is 6.61 Å². The molecule has 1 atom stereocenters. The Bertz CT molecular complexity index is 417. The van der Waals surface area contributed by atoms with E-state index in [-0.39, 0.29) is 11.9 Å². The molecule has 86 valence electrons. The van der Waals surface area contributed by atoms with E-state index in [1.165, 1.54) is 6.07 Å². The summed E-state index contributed by atoms with van der Waals surface area (Å²) in [5, 5.41) is 0. The van der Waals surface area contributed by atoms with Crippen LogP contribution in [0.3, 0.4) is 0 Å². The highest BCUT2D eigenvalue weighted by molar-refractivity contribution is 5.31. The van der Waals surface area contributed by atoms with Crippen LogP contribution >= 0.6 is 0 Å². The van der Waals surface area contributed by atoms with Gasteiger partial charge in [0.1, 0.15) is 17.6 Å². The van der Waals surface area contributed by atoms with Gasteiger partial charge in [0.05, 0.1) is 6.61 Å². The number of nitrogens with one attached hydrogen (secondary N) is 1. The van der Waals surface area contributed by atoms with E-state index in [1.807, 2.05) is 6.08 Å². The zero-order chi connectivity index (χ0) is 11.5. The Labute approximate surface area is 94.1 Å². The van der Waals surface area contributed by atoms with Gasteiger partial charge in [-0.3, -0.25) is 5.84 Å². The van der Waals surface area contributed by atoms with E-state index in [0.29, 0.717) is 12.2 Å². The molecular formula is C12H15FN2O. The van der Waals surface area contributed by atoms with Gasteiger partial charge in [-0.2, -0.15) is 0 Å². The summed E-state index contributed by atoms with van der Waals surface area (Å²) in [6, 6.07) is 4.75. The van der Waals surface area contributed by atoms with Gasteiger partial charge in [-0.15, -0.1) is 0 Å². The summed E-state index contributed by atoms with van der Waals surface area (Å²) >= 11 is 0. The number of rotatable bonds is 3. The van der Waals surface area contributed by atoms with Crippen molar-refractivity contribution in [3.05, 3.63) is 47.0 Å². The fraction of sp³-hybridized carbons (Fsp3) is 0.333. The summed E-state index contributed by atoms with van der Waals surface area (Å²) in [5.74, 6) is 6.11. The lowest BCUT2D eigenvalue weighted by atomic mass is 10.0. The molecule has 0 aliphatic carbocycles. The third kappa shape index (κ3) is 2.08. The number of hydrogen-bond acceptors (Lipinski definition) is 3. The Morgan fingerprint density at radius 2 is 2.31 bits per heavy atom. The third-order valence-corrected chi connectivity index (χ3v) is 2.70. The Morgan fingerprint density at radius 3 is 2.88 bits per heavy atom. The molecule has 2 rings (SSSR count). The van der Waals surface area contributed by atoms with E-state index in [1.54, 1.807) is 19.1 Å². The lowest BCUT2D eigenvalue weighted by molar-refractivity contribution is 0.215. The highest BCUT2D eigenvalue weighted by atomic mass is 19.1. The first-order chi connectivity index (χ1) is 7.72. The van der Waals surface area contributed by atoms with Crippen LogP contribution in [0.5, 0.6) is 0 Å². The summed E-state index contributed by atoms with van der Waals surface area (Å²) in [7, 11) is 0. The van der Waals surface area contributed by atoms with E-state index >= 15 is 0 Å². The molecule has 0 radical (unpaired) electrons. The van der Waals surface area contributed by atoms with Crippen molar-refractivity contribution in [2.24, 2.45) is 5.84 Å². The Hall–Kier alpha value is -1.39. The van der Waals surface area contributed by atoms with Crippen LogP contribution in [0, 0.1) is 12.7 Å². The van der Waals surface area contributed by atoms with Gasteiger partial charge < -0.3 is 4.74 Å². The highest BCUT2D eigenvalue weighted by Gasteiger charge is 2.19. The van der Waals surface area contributed by atoms with Crippen LogP contribution in [0.25, 0.3) is 0 Å². The van der Waals surface area contributed by atoms with Gasteiger partial charge in [0.25, 0.3) is 0 Å². The highest BCUT2D eigenvalue weighted by Crippen LogP contribution is 2.26. The van der Waals surface area contributed by atoms with Gasteiger partial charge in [0.2, 0.25) is 0 Å². The van der Waals surface area contributed by atoms with Crippen molar-refractivity contribution >= 4 is 0 Å². The molecule has 1 unspecified atom stereocenters. The molecular weight excluding hydrogens is 207 g/mol. The number of hydrogen-bond donors (Lipinski definition) is 2. The molecule has 4 heteroatoms. The molecule has 0 saturated heterocycles. The number of nitrogens with two attached hydrogens (primary N) is 1. The molecule has 1 aliphatic heterocycles. The molecule has 1 heterocycles. The van der Waals surface area contributed by atoms with Gasteiger partial charge in [0, 0.05) is 6.42 Å². The monoisotopic (exact) mass is 222 g/mol. The van der Waals surface area contributed by atoms with Gasteiger partial charge in [-0.05, 0) is 30.2 Å². The Kier molecular flexibility index (Phi) is 3.22. The first-order valence-electron chi connectivity index (χ1n) is 5.27. The summed E-state index contributed by atoms with van der Waals surface area (Å²) < 4.78 is 18.6. The summed E-state index contributed by atoms with van der Waals surface area (Å²) in [4.78, 5) is 0. The maximum Gasteiger partial charge on any atom is 0.126 e. The van der Waals surface area contributed by atoms with Crippen LogP contribution in [0.2, 0.25) is 0 Å². The zero-order valence-electron chi connectivity index (χ0n) is 9.16. The fourth-order valence-corrected chi connectivity index (χ4v) is 1.83. The van der Waals surface area contributed by atoms with Crippen LogP contribution in [0.1, 0.15) is 23.6 Å². The quantitative estimate of drug-likeness (QED) is 0.607. The maximum absolute atomic E-state index is 13.1. The minimum Gasteiger partial charge on any atom is -0.496 e. The van der Waals surface area contributed by atoms with Crippen molar-refractivity contribution in [2.75, 3.05) is 6.61 Å². The molecule has 0 fully saturated rings. The Balaban J connectivity index is 2.29. The minimum absolute atomic E-state index is 0.193. The van der Waals surface area contributed by atoms with E-state index in [0.717, 1.165) is 17.7 Å². The number of hydrazine groups is 1. The molecule has 0 amide bonds. The third-order valence-electron chi connectivity index (χ3n) is 2.70. The van der Waals surface area contributed by atoms with Gasteiger partial charge in [0.15, 0.2) is 0 Å². The number of benzene rings is 1. The Morgan fingerprint density at radius 1 is 1.50 bits per heavy atom. The molecule has 3 N–H and O–H groups in total. The van der Waals surface area contributed by atoms with E-state index < -0.39 is 0 Å². The van der Waals surface area contributed by atoms with Crippen molar-refractivity contribution in [2.45, 2.75) is 19.4 Å². The number of halogens is 1. The van der Waals surface area contributed by atoms with Crippen LogP contribution < -0.4 is 11.3 Å². The second-order valence-electron chi connectivity index (χ2n) is 3.85. The second kappa shape index (κ2) is 4.63. The first kappa shape index (κ1) is 11.1. The molecule has 0 spiro atoms. The molecule has 1 aliphatic rings. The largest absolute Gasteiger partial charge is 0.496 e. The van der Waals surface area contributed by atoms with Crippen LogP contribution in [0.15, 0.2) is 30.0 Å². The standard InChI is InChI=1S/C12H15FN2O/c1-8-7-9(4-5-10(8)13)12(15-14)11-3-2-6-16-11/h3-5,7,12,15H,2,6,14H2,1H3. The van der Waals surface area contributed by atoms with Crippen LogP contribution in [0.4, 0.5) is 4.39 Å². The smallest absolute Gasteiger partial charge is 0.126 e. The topological polar surface area (TPSA) is 47.3 Å². The summed E-state index contributed by atoms with van der Waals surface area (Å²) in [6.45, 7) is 2.42.